The molecule has 2 aromatic heterocycles. The van der Waals surface area contributed by atoms with E-state index in [0.29, 0.717) is 33.7 Å². The van der Waals surface area contributed by atoms with Crippen LogP contribution in [0.2, 0.25) is 0 Å². The minimum atomic E-state index is -0.637. The molecule has 1 spiro atoms. The first-order valence-electron chi connectivity index (χ1n) is 13.6. The third-order valence-corrected chi connectivity index (χ3v) is 8.68. The van der Waals surface area contributed by atoms with E-state index in [1.807, 2.05) is 18.2 Å². The number of nitrogens with zero attached hydrogens (tertiary/aromatic N) is 6. The first-order valence-corrected chi connectivity index (χ1v) is 13.6. The molecule has 3 aliphatic rings. The van der Waals surface area contributed by atoms with Gasteiger partial charge in [0.25, 0.3) is 0 Å². The number of nitrogens with one attached hydrogen (secondary N) is 1. The molecule has 0 aliphatic carbocycles. The zero-order chi connectivity index (χ0) is 26.6. The van der Waals surface area contributed by atoms with Crippen LogP contribution in [-0.2, 0) is 0 Å². The lowest BCUT2D eigenvalue weighted by atomic mass is 9.73. The van der Waals surface area contributed by atoms with Crippen LogP contribution >= 0.6 is 0 Å². The average Bonchev–Trinajstić information content (AvgIpc) is 3.61. The van der Waals surface area contributed by atoms with Crippen LogP contribution in [-0.4, -0.2) is 53.8 Å². The molecule has 198 valence electrons. The number of nitriles is 1. The highest BCUT2D eigenvalue weighted by Gasteiger charge is 2.40. The summed E-state index contributed by atoms with van der Waals surface area (Å²) in [6, 6.07) is 13.5. The molecule has 1 N–H and O–H groups in total. The maximum absolute atomic E-state index is 15.8. The van der Waals surface area contributed by atoms with Gasteiger partial charge in [0.2, 0.25) is 0 Å². The molecular formula is C30H29F2N7. The van der Waals surface area contributed by atoms with Crippen molar-refractivity contribution in [3.63, 3.8) is 0 Å². The second-order valence-corrected chi connectivity index (χ2v) is 11.0. The van der Waals surface area contributed by atoms with Crippen molar-refractivity contribution in [3.05, 3.63) is 65.9 Å². The molecule has 3 aliphatic heterocycles. The molecule has 2 aromatic carbocycles. The van der Waals surface area contributed by atoms with Crippen molar-refractivity contribution >= 4 is 22.5 Å². The molecule has 0 amide bonds. The Morgan fingerprint density at radius 3 is 2.33 bits per heavy atom. The highest BCUT2D eigenvalue weighted by Crippen LogP contribution is 2.39. The van der Waals surface area contributed by atoms with Gasteiger partial charge >= 0.3 is 0 Å². The summed E-state index contributed by atoms with van der Waals surface area (Å²) in [7, 11) is 0. The van der Waals surface area contributed by atoms with Crippen LogP contribution in [0, 0.1) is 28.4 Å². The van der Waals surface area contributed by atoms with Crippen LogP contribution in [0.3, 0.4) is 0 Å². The van der Waals surface area contributed by atoms with E-state index in [2.05, 4.69) is 20.1 Å². The summed E-state index contributed by atoms with van der Waals surface area (Å²) in [5.74, 6) is -0.640. The lowest BCUT2D eigenvalue weighted by Gasteiger charge is -2.48. The third-order valence-electron chi connectivity index (χ3n) is 8.68. The van der Waals surface area contributed by atoms with Gasteiger partial charge in [-0.25, -0.2) is 18.7 Å². The first-order chi connectivity index (χ1) is 19.0. The van der Waals surface area contributed by atoms with Crippen molar-refractivity contribution in [3.8, 4) is 23.1 Å². The normalized spacial score (nSPS) is 18.5. The predicted octanol–water partition coefficient (Wildman–Crippen LogP) is 5.03. The highest BCUT2D eigenvalue weighted by atomic mass is 19.1. The number of piperidine rings is 1. The molecule has 7 rings (SSSR count). The second kappa shape index (κ2) is 9.31. The molecular weight excluding hydrogens is 496 g/mol. The van der Waals surface area contributed by atoms with Gasteiger partial charge in [0, 0.05) is 56.7 Å². The van der Waals surface area contributed by atoms with E-state index in [4.69, 9.17) is 4.98 Å². The molecule has 3 saturated heterocycles. The summed E-state index contributed by atoms with van der Waals surface area (Å²) in [5, 5.41) is 12.6. The van der Waals surface area contributed by atoms with Gasteiger partial charge < -0.3 is 15.1 Å². The van der Waals surface area contributed by atoms with E-state index in [-0.39, 0.29) is 5.56 Å². The van der Waals surface area contributed by atoms with Crippen molar-refractivity contribution < 1.29 is 8.78 Å². The summed E-state index contributed by atoms with van der Waals surface area (Å²) in [6.45, 7) is 5.80. The zero-order valence-electron chi connectivity index (χ0n) is 21.6. The van der Waals surface area contributed by atoms with Gasteiger partial charge in [0.1, 0.15) is 29.0 Å². The van der Waals surface area contributed by atoms with Gasteiger partial charge in [-0.1, -0.05) is 0 Å². The van der Waals surface area contributed by atoms with E-state index in [0.717, 1.165) is 76.3 Å². The molecule has 0 atom stereocenters. The van der Waals surface area contributed by atoms with Crippen molar-refractivity contribution in [2.45, 2.75) is 25.7 Å². The molecule has 7 nitrogen and oxygen atoms in total. The summed E-state index contributed by atoms with van der Waals surface area (Å²) >= 11 is 0. The molecule has 39 heavy (non-hydrogen) atoms. The van der Waals surface area contributed by atoms with Crippen LogP contribution in [0.1, 0.15) is 31.2 Å². The Hall–Kier alpha value is -4.03. The largest absolute Gasteiger partial charge is 0.371 e. The number of benzene rings is 2. The number of fused-ring (bicyclic) bond motifs is 1. The fraction of sp³-hybridized carbons (Fsp3) is 0.367. The standard InChI is InChI=1S/C30H29F2N7/c31-23-15-20(3-4-21(23)17-33)28-36-27-26(38-13-8-30(9-14-38)18-34-19-30)7-10-35-29(27)39(28)25-6-5-22(16-24(25)32)37-11-1-2-12-37/h3-7,10,15-16,34H,1-2,8-9,11-14,18-19H2. The van der Waals surface area contributed by atoms with E-state index in [1.165, 1.54) is 12.1 Å². The van der Waals surface area contributed by atoms with Gasteiger partial charge in [-0.15, -0.1) is 0 Å². The number of hydrogen-bond donors (Lipinski definition) is 1. The van der Waals surface area contributed by atoms with Crippen LogP contribution < -0.4 is 15.1 Å². The Bertz CT molecular complexity index is 1600. The summed E-state index contributed by atoms with van der Waals surface area (Å²) < 4.78 is 32.3. The quantitative estimate of drug-likeness (QED) is 0.403. The smallest absolute Gasteiger partial charge is 0.167 e. The number of hydrogen-bond acceptors (Lipinski definition) is 6. The average molecular weight is 526 g/mol. The van der Waals surface area contributed by atoms with Gasteiger partial charge in [-0.05, 0) is 73.6 Å². The maximum Gasteiger partial charge on any atom is 0.167 e. The summed E-state index contributed by atoms with van der Waals surface area (Å²) in [4.78, 5) is 14.1. The maximum atomic E-state index is 15.8. The van der Waals surface area contributed by atoms with Crippen molar-refractivity contribution in [1.29, 1.82) is 5.26 Å². The minimum Gasteiger partial charge on any atom is -0.371 e. The third kappa shape index (κ3) is 4.02. The van der Waals surface area contributed by atoms with Crippen molar-refractivity contribution in [1.82, 2.24) is 19.9 Å². The lowest BCUT2D eigenvalue weighted by molar-refractivity contribution is 0.126. The fourth-order valence-corrected chi connectivity index (χ4v) is 6.29. The Morgan fingerprint density at radius 1 is 0.872 bits per heavy atom. The molecule has 0 unspecified atom stereocenters. The monoisotopic (exact) mass is 525 g/mol. The molecule has 0 saturated carbocycles. The van der Waals surface area contributed by atoms with Crippen LogP contribution in [0.25, 0.3) is 28.2 Å². The Kier molecular flexibility index (Phi) is 5.74. The van der Waals surface area contributed by atoms with E-state index in [1.54, 1.807) is 29.0 Å². The Balaban J connectivity index is 1.37. The summed E-state index contributed by atoms with van der Waals surface area (Å²) in [5.41, 5.74) is 4.09. The lowest BCUT2D eigenvalue weighted by Crippen LogP contribution is -2.58. The molecule has 4 aromatic rings. The van der Waals surface area contributed by atoms with Gasteiger partial charge in [0.15, 0.2) is 5.65 Å². The summed E-state index contributed by atoms with van der Waals surface area (Å²) in [6.07, 6.45) is 6.15. The molecule has 0 radical (unpaired) electrons. The van der Waals surface area contributed by atoms with Gasteiger partial charge in [-0.3, -0.25) is 4.57 Å². The minimum absolute atomic E-state index is 0.0471. The zero-order valence-corrected chi connectivity index (χ0v) is 21.6. The number of halogens is 2. The topological polar surface area (TPSA) is 73.0 Å². The van der Waals surface area contributed by atoms with Crippen molar-refractivity contribution in [2.75, 3.05) is 49.1 Å². The fourth-order valence-electron chi connectivity index (χ4n) is 6.29. The van der Waals surface area contributed by atoms with Gasteiger partial charge in [-0.2, -0.15) is 5.26 Å². The highest BCUT2D eigenvalue weighted by molar-refractivity contribution is 5.90. The molecule has 0 bridgehead atoms. The van der Waals surface area contributed by atoms with Crippen LogP contribution in [0.15, 0.2) is 48.7 Å². The molecule has 5 heterocycles. The Morgan fingerprint density at radius 2 is 1.67 bits per heavy atom. The molecule has 9 heteroatoms. The number of aromatic nitrogens is 3. The second-order valence-electron chi connectivity index (χ2n) is 11.0. The Labute approximate surface area is 225 Å². The number of rotatable bonds is 4. The van der Waals surface area contributed by atoms with Gasteiger partial charge in [0.05, 0.1) is 16.9 Å². The number of anilines is 2. The predicted molar refractivity (Wildman–Crippen MR) is 147 cm³/mol. The van der Waals surface area contributed by atoms with E-state index < -0.39 is 11.6 Å². The molecule has 3 fully saturated rings. The number of pyridine rings is 1. The van der Waals surface area contributed by atoms with Crippen LogP contribution in [0.5, 0.6) is 0 Å². The van der Waals surface area contributed by atoms with Crippen LogP contribution in [0.4, 0.5) is 20.2 Å². The number of imidazole rings is 1. The van der Waals surface area contributed by atoms with Crippen molar-refractivity contribution in [2.24, 2.45) is 5.41 Å². The van der Waals surface area contributed by atoms with E-state index in [9.17, 15) is 9.65 Å². The van der Waals surface area contributed by atoms with E-state index >= 15 is 4.39 Å². The SMILES string of the molecule is N#Cc1ccc(-c2nc3c(N4CCC5(CC4)CNC5)ccnc3n2-c2ccc(N3CCCC3)cc2F)cc1F. The first kappa shape index (κ1) is 24.0.